The molecule has 0 atom stereocenters. The summed E-state index contributed by atoms with van der Waals surface area (Å²) < 4.78 is 5.48. The van der Waals surface area contributed by atoms with Crippen molar-refractivity contribution in [3.05, 3.63) is 11.7 Å². The standard InChI is InChI=1S/C13H23N3OS/c1-3-18-8-11-15-12(17-16-11)13(9-14)6-4-10(2)5-7-13/h10H,3-9,14H2,1-2H3. The van der Waals surface area contributed by atoms with Crippen LogP contribution in [0.5, 0.6) is 0 Å². The Morgan fingerprint density at radius 3 is 2.78 bits per heavy atom. The average molecular weight is 269 g/mol. The molecule has 0 aromatic carbocycles. The van der Waals surface area contributed by atoms with Crippen molar-refractivity contribution in [1.29, 1.82) is 0 Å². The predicted molar refractivity (Wildman–Crippen MR) is 74.5 cm³/mol. The predicted octanol–water partition coefficient (Wildman–Crippen LogP) is 2.73. The maximum atomic E-state index is 5.99. The summed E-state index contributed by atoms with van der Waals surface area (Å²) in [5.41, 5.74) is 5.93. The third kappa shape index (κ3) is 2.88. The van der Waals surface area contributed by atoms with Crippen LogP contribution in [0.25, 0.3) is 0 Å². The Balaban J connectivity index is 2.09. The van der Waals surface area contributed by atoms with E-state index in [-0.39, 0.29) is 5.41 Å². The molecule has 0 amide bonds. The molecule has 1 aliphatic rings. The number of nitrogens with two attached hydrogens (primary N) is 1. The fourth-order valence-electron chi connectivity index (χ4n) is 2.54. The molecule has 2 N–H and O–H groups in total. The lowest BCUT2D eigenvalue weighted by molar-refractivity contribution is 0.191. The summed E-state index contributed by atoms with van der Waals surface area (Å²) >= 11 is 1.81. The number of rotatable bonds is 5. The molecular weight excluding hydrogens is 246 g/mol. The molecule has 1 saturated carbocycles. The lowest BCUT2D eigenvalue weighted by Crippen LogP contribution is -2.39. The minimum absolute atomic E-state index is 0.0609. The molecule has 5 heteroatoms. The molecule has 0 radical (unpaired) electrons. The van der Waals surface area contributed by atoms with Crippen molar-refractivity contribution in [3.8, 4) is 0 Å². The van der Waals surface area contributed by atoms with Crippen LogP contribution < -0.4 is 5.73 Å². The van der Waals surface area contributed by atoms with Gasteiger partial charge in [-0.05, 0) is 37.4 Å². The molecule has 0 spiro atoms. The van der Waals surface area contributed by atoms with Gasteiger partial charge in [0.15, 0.2) is 5.82 Å². The molecule has 0 saturated heterocycles. The van der Waals surface area contributed by atoms with E-state index < -0.39 is 0 Å². The van der Waals surface area contributed by atoms with E-state index in [4.69, 9.17) is 10.3 Å². The van der Waals surface area contributed by atoms with Crippen LogP contribution in [-0.2, 0) is 11.2 Å². The van der Waals surface area contributed by atoms with Gasteiger partial charge in [0, 0.05) is 6.54 Å². The first kappa shape index (κ1) is 13.9. The second-order valence-corrected chi connectivity index (χ2v) is 6.59. The zero-order valence-corrected chi connectivity index (χ0v) is 12.1. The van der Waals surface area contributed by atoms with Gasteiger partial charge in [0.2, 0.25) is 5.89 Å². The van der Waals surface area contributed by atoms with Crippen molar-refractivity contribution in [2.45, 2.75) is 50.7 Å². The Hall–Kier alpha value is -0.550. The molecule has 1 heterocycles. The maximum Gasteiger partial charge on any atom is 0.234 e. The molecular formula is C13H23N3OS. The second kappa shape index (κ2) is 6.06. The normalized spacial score (nSPS) is 28.5. The van der Waals surface area contributed by atoms with E-state index >= 15 is 0 Å². The fourth-order valence-corrected chi connectivity index (χ4v) is 3.05. The second-order valence-electron chi connectivity index (χ2n) is 5.32. The minimum atomic E-state index is -0.0609. The summed E-state index contributed by atoms with van der Waals surface area (Å²) in [6, 6.07) is 0. The van der Waals surface area contributed by atoms with Crippen LogP contribution in [0.3, 0.4) is 0 Å². The number of hydrogen-bond acceptors (Lipinski definition) is 5. The lowest BCUT2D eigenvalue weighted by atomic mass is 9.71. The van der Waals surface area contributed by atoms with E-state index in [0.29, 0.717) is 6.54 Å². The Bertz CT molecular complexity index is 372. The molecule has 1 fully saturated rings. The Labute approximate surface area is 113 Å². The van der Waals surface area contributed by atoms with E-state index in [2.05, 4.69) is 24.0 Å². The van der Waals surface area contributed by atoms with Gasteiger partial charge in [-0.25, -0.2) is 0 Å². The monoisotopic (exact) mass is 269 g/mol. The van der Waals surface area contributed by atoms with Crippen LogP contribution in [0.1, 0.15) is 51.2 Å². The van der Waals surface area contributed by atoms with Crippen molar-refractivity contribution in [2.75, 3.05) is 12.3 Å². The third-order valence-corrected chi connectivity index (χ3v) is 4.85. The van der Waals surface area contributed by atoms with Crippen LogP contribution >= 0.6 is 11.8 Å². The molecule has 2 rings (SSSR count). The SMILES string of the molecule is CCSCc1noc(C2(CN)CCC(C)CC2)n1. The van der Waals surface area contributed by atoms with Crippen molar-refractivity contribution >= 4 is 11.8 Å². The molecule has 18 heavy (non-hydrogen) atoms. The summed E-state index contributed by atoms with van der Waals surface area (Å²) in [4.78, 5) is 4.56. The average Bonchev–Trinajstić information content (AvgIpc) is 2.87. The van der Waals surface area contributed by atoms with Gasteiger partial charge in [0.25, 0.3) is 0 Å². The molecule has 0 bridgehead atoms. The van der Waals surface area contributed by atoms with Crippen molar-refractivity contribution in [3.63, 3.8) is 0 Å². The summed E-state index contributed by atoms with van der Waals surface area (Å²) in [6.45, 7) is 5.05. The molecule has 1 aromatic heterocycles. The van der Waals surface area contributed by atoms with Gasteiger partial charge in [0.1, 0.15) is 0 Å². The number of hydrogen-bond donors (Lipinski definition) is 1. The van der Waals surface area contributed by atoms with Crippen LogP contribution in [0.15, 0.2) is 4.52 Å². The first-order chi connectivity index (χ1) is 8.70. The van der Waals surface area contributed by atoms with Crippen molar-refractivity contribution in [2.24, 2.45) is 11.7 Å². The Morgan fingerprint density at radius 2 is 2.17 bits per heavy atom. The molecule has 1 aromatic rings. The lowest BCUT2D eigenvalue weighted by Gasteiger charge is -2.35. The Morgan fingerprint density at radius 1 is 1.44 bits per heavy atom. The number of nitrogens with zero attached hydrogens (tertiary/aromatic N) is 2. The van der Waals surface area contributed by atoms with Gasteiger partial charge in [0.05, 0.1) is 11.2 Å². The molecule has 4 nitrogen and oxygen atoms in total. The summed E-state index contributed by atoms with van der Waals surface area (Å²) in [5, 5.41) is 4.08. The molecule has 1 aliphatic carbocycles. The number of thioether (sulfide) groups is 1. The summed E-state index contributed by atoms with van der Waals surface area (Å²) in [5.74, 6) is 4.27. The largest absolute Gasteiger partial charge is 0.339 e. The van der Waals surface area contributed by atoms with Gasteiger partial charge in [-0.2, -0.15) is 16.7 Å². The highest BCUT2D eigenvalue weighted by atomic mass is 32.2. The first-order valence-electron chi connectivity index (χ1n) is 6.81. The van der Waals surface area contributed by atoms with Gasteiger partial charge in [-0.3, -0.25) is 0 Å². The van der Waals surface area contributed by atoms with Crippen LogP contribution in [0.2, 0.25) is 0 Å². The number of aromatic nitrogens is 2. The maximum absolute atomic E-state index is 5.99. The van der Waals surface area contributed by atoms with Crippen LogP contribution in [0, 0.1) is 5.92 Å². The van der Waals surface area contributed by atoms with E-state index in [0.717, 1.165) is 42.0 Å². The van der Waals surface area contributed by atoms with Gasteiger partial charge < -0.3 is 10.3 Å². The van der Waals surface area contributed by atoms with Gasteiger partial charge in [-0.15, -0.1) is 0 Å². The zero-order valence-electron chi connectivity index (χ0n) is 11.3. The zero-order chi connectivity index (χ0) is 13.0. The van der Waals surface area contributed by atoms with Gasteiger partial charge >= 0.3 is 0 Å². The first-order valence-corrected chi connectivity index (χ1v) is 7.96. The summed E-state index contributed by atoms with van der Waals surface area (Å²) in [7, 11) is 0. The van der Waals surface area contributed by atoms with E-state index in [1.807, 2.05) is 11.8 Å². The third-order valence-electron chi connectivity index (χ3n) is 3.98. The smallest absolute Gasteiger partial charge is 0.234 e. The summed E-state index contributed by atoms with van der Waals surface area (Å²) in [6.07, 6.45) is 4.57. The Kier molecular flexibility index (Phi) is 4.67. The van der Waals surface area contributed by atoms with Crippen molar-refractivity contribution in [1.82, 2.24) is 10.1 Å². The minimum Gasteiger partial charge on any atom is -0.339 e. The molecule has 102 valence electrons. The molecule has 0 unspecified atom stereocenters. The highest BCUT2D eigenvalue weighted by Gasteiger charge is 2.39. The quantitative estimate of drug-likeness (QED) is 0.890. The van der Waals surface area contributed by atoms with E-state index in [9.17, 15) is 0 Å². The van der Waals surface area contributed by atoms with E-state index in [1.165, 1.54) is 12.8 Å². The topological polar surface area (TPSA) is 64.9 Å². The molecule has 0 aliphatic heterocycles. The fraction of sp³-hybridized carbons (Fsp3) is 0.846. The van der Waals surface area contributed by atoms with Gasteiger partial charge in [-0.1, -0.05) is 19.0 Å². The van der Waals surface area contributed by atoms with Crippen molar-refractivity contribution < 1.29 is 4.52 Å². The highest BCUT2D eigenvalue weighted by Crippen LogP contribution is 2.40. The highest BCUT2D eigenvalue weighted by molar-refractivity contribution is 7.98. The van der Waals surface area contributed by atoms with Crippen LogP contribution in [-0.4, -0.2) is 22.4 Å². The van der Waals surface area contributed by atoms with Crippen LogP contribution in [0.4, 0.5) is 0 Å². The van der Waals surface area contributed by atoms with E-state index in [1.54, 1.807) is 0 Å².